The van der Waals surface area contributed by atoms with E-state index in [9.17, 15) is 4.79 Å². The summed E-state index contributed by atoms with van der Waals surface area (Å²) in [5.41, 5.74) is 1.07. The molecule has 0 aliphatic heterocycles. The number of carbonyl (C=O) groups is 1. The Morgan fingerprint density at radius 2 is 2.11 bits per heavy atom. The zero-order chi connectivity index (χ0) is 12.7. The van der Waals surface area contributed by atoms with E-state index in [2.05, 4.69) is 5.32 Å². The van der Waals surface area contributed by atoms with Gasteiger partial charge in [-0.3, -0.25) is 0 Å². The fourth-order valence-electron chi connectivity index (χ4n) is 3.43. The number of halogens is 1. The van der Waals surface area contributed by atoms with Gasteiger partial charge < -0.3 is 10.4 Å². The summed E-state index contributed by atoms with van der Waals surface area (Å²) in [7, 11) is 0. The van der Waals surface area contributed by atoms with Crippen molar-refractivity contribution in [1.29, 1.82) is 0 Å². The van der Waals surface area contributed by atoms with Crippen LogP contribution in [0.25, 0.3) is 0 Å². The van der Waals surface area contributed by atoms with Gasteiger partial charge in [0.25, 0.3) is 0 Å². The predicted octanol–water partition coefficient (Wildman–Crippen LogP) is 3.64. The standard InChI is InChI=1S/C14H16ClNO2/c15-11-5-10(14(17)18)6-12(7-11)16-13-4-8-1-2-9(13)3-8/h5-9,13,16H,1-4H2,(H,17,18). The van der Waals surface area contributed by atoms with E-state index < -0.39 is 5.97 Å². The third-order valence-electron chi connectivity index (χ3n) is 4.23. The van der Waals surface area contributed by atoms with Gasteiger partial charge in [0, 0.05) is 16.8 Å². The van der Waals surface area contributed by atoms with Crippen LogP contribution in [0.4, 0.5) is 5.69 Å². The van der Waals surface area contributed by atoms with Gasteiger partial charge in [-0.25, -0.2) is 4.79 Å². The molecule has 18 heavy (non-hydrogen) atoms. The second-order valence-electron chi connectivity index (χ2n) is 5.46. The molecular formula is C14H16ClNO2. The van der Waals surface area contributed by atoms with Gasteiger partial charge in [0.15, 0.2) is 0 Å². The Bertz CT molecular complexity index is 489. The van der Waals surface area contributed by atoms with Crippen molar-refractivity contribution >= 4 is 23.3 Å². The second-order valence-corrected chi connectivity index (χ2v) is 5.90. The van der Waals surface area contributed by atoms with Crippen LogP contribution < -0.4 is 5.32 Å². The third-order valence-corrected chi connectivity index (χ3v) is 4.45. The van der Waals surface area contributed by atoms with Crippen molar-refractivity contribution in [2.24, 2.45) is 11.8 Å². The van der Waals surface area contributed by atoms with E-state index >= 15 is 0 Å². The maximum Gasteiger partial charge on any atom is 0.335 e. The number of anilines is 1. The van der Waals surface area contributed by atoms with E-state index in [1.807, 2.05) is 0 Å². The van der Waals surface area contributed by atoms with Crippen molar-refractivity contribution in [2.75, 3.05) is 5.32 Å². The van der Waals surface area contributed by atoms with Crippen LogP contribution >= 0.6 is 11.6 Å². The maximum absolute atomic E-state index is 11.0. The lowest BCUT2D eigenvalue weighted by atomic mass is 9.95. The second kappa shape index (κ2) is 4.47. The van der Waals surface area contributed by atoms with Gasteiger partial charge in [0.1, 0.15) is 0 Å². The van der Waals surface area contributed by atoms with Gasteiger partial charge in [-0.15, -0.1) is 0 Å². The summed E-state index contributed by atoms with van der Waals surface area (Å²) in [6.07, 6.45) is 5.19. The van der Waals surface area contributed by atoms with E-state index in [-0.39, 0.29) is 5.56 Å². The van der Waals surface area contributed by atoms with E-state index in [0.29, 0.717) is 11.1 Å². The van der Waals surface area contributed by atoms with Crippen molar-refractivity contribution in [3.8, 4) is 0 Å². The molecule has 96 valence electrons. The Hall–Kier alpha value is -1.22. The van der Waals surface area contributed by atoms with Crippen LogP contribution in [-0.2, 0) is 0 Å². The summed E-state index contributed by atoms with van der Waals surface area (Å²) in [5, 5.41) is 12.9. The van der Waals surface area contributed by atoms with Crippen LogP contribution in [0.5, 0.6) is 0 Å². The topological polar surface area (TPSA) is 49.3 Å². The number of hydrogen-bond acceptors (Lipinski definition) is 2. The third kappa shape index (κ3) is 2.19. The average molecular weight is 266 g/mol. The minimum absolute atomic E-state index is 0.244. The zero-order valence-corrected chi connectivity index (χ0v) is 10.8. The van der Waals surface area contributed by atoms with Crippen LogP contribution in [0.3, 0.4) is 0 Å². The van der Waals surface area contributed by atoms with E-state index in [0.717, 1.165) is 17.5 Å². The Morgan fingerprint density at radius 1 is 1.28 bits per heavy atom. The van der Waals surface area contributed by atoms with E-state index in [4.69, 9.17) is 16.7 Å². The number of carboxylic acids is 1. The van der Waals surface area contributed by atoms with E-state index in [1.165, 1.54) is 31.7 Å². The molecule has 2 bridgehead atoms. The molecule has 1 aromatic rings. The molecule has 2 aliphatic carbocycles. The molecule has 1 aromatic carbocycles. The Morgan fingerprint density at radius 3 is 2.72 bits per heavy atom. The van der Waals surface area contributed by atoms with Crippen molar-refractivity contribution in [3.05, 3.63) is 28.8 Å². The highest BCUT2D eigenvalue weighted by Crippen LogP contribution is 2.45. The molecule has 2 N–H and O–H groups in total. The van der Waals surface area contributed by atoms with Crippen LogP contribution in [0.15, 0.2) is 18.2 Å². The lowest BCUT2D eigenvalue weighted by Crippen LogP contribution is -2.25. The monoisotopic (exact) mass is 265 g/mol. The summed E-state index contributed by atoms with van der Waals surface area (Å²) in [6.45, 7) is 0. The minimum atomic E-state index is -0.937. The van der Waals surface area contributed by atoms with E-state index in [1.54, 1.807) is 12.1 Å². The normalized spacial score (nSPS) is 29.5. The van der Waals surface area contributed by atoms with Crippen LogP contribution in [0, 0.1) is 11.8 Å². The molecular weight excluding hydrogens is 250 g/mol. The number of benzene rings is 1. The lowest BCUT2D eigenvalue weighted by molar-refractivity contribution is 0.0697. The van der Waals surface area contributed by atoms with Crippen molar-refractivity contribution in [2.45, 2.75) is 31.7 Å². The fraction of sp³-hybridized carbons (Fsp3) is 0.500. The molecule has 2 aliphatic rings. The number of rotatable bonds is 3. The van der Waals surface area contributed by atoms with Gasteiger partial charge in [-0.1, -0.05) is 18.0 Å². The van der Waals surface area contributed by atoms with Crippen LogP contribution in [0.2, 0.25) is 5.02 Å². The first-order valence-corrected chi connectivity index (χ1v) is 6.80. The van der Waals surface area contributed by atoms with Gasteiger partial charge >= 0.3 is 5.97 Å². The molecule has 0 saturated heterocycles. The molecule has 3 atom stereocenters. The minimum Gasteiger partial charge on any atom is -0.478 e. The quantitative estimate of drug-likeness (QED) is 0.877. The number of nitrogens with one attached hydrogen (secondary N) is 1. The first kappa shape index (κ1) is 11.8. The average Bonchev–Trinajstić information content (AvgIpc) is 2.90. The summed E-state index contributed by atoms with van der Waals surface area (Å²) in [4.78, 5) is 11.0. The number of carboxylic acid groups (broad SMARTS) is 1. The lowest BCUT2D eigenvalue weighted by Gasteiger charge is -2.24. The Kier molecular flexibility index (Phi) is 2.94. The number of aromatic carboxylic acids is 1. The van der Waals surface area contributed by atoms with Crippen molar-refractivity contribution < 1.29 is 9.90 Å². The number of fused-ring (bicyclic) bond motifs is 2. The zero-order valence-electron chi connectivity index (χ0n) is 10.0. The van der Waals surface area contributed by atoms with Crippen molar-refractivity contribution in [3.63, 3.8) is 0 Å². The molecule has 3 rings (SSSR count). The number of hydrogen-bond donors (Lipinski definition) is 2. The molecule has 3 nitrogen and oxygen atoms in total. The molecule has 0 aromatic heterocycles. The highest BCUT2D eigenvalue weighted by Gasteiger charge is 2.39. The first-order valence-electron chi connectivity index (χ1n) is 6.42. The Balaban J connectivity index is 1.78. The highest BCUT2D eigenvalue weighted by atomic mass is 35.5. The molecule has 3 unspecified atom stereocenters. The van der Waals surface area contributed by atoms with Crippen LogP contribution in [0.1, 0.15) is 36.0 Å². The molecule has 0 amide bonds. The molecule has 2 saturated carbocycles. The van der Waals surface area contributed by atoms with Gasteiger partial charge in [-0.05, 0) is 49.3 Å². The SMILES string of the molecule is O=C(O)c1cc(Cl)cc(NC2CC3CCC2C3)c1. The summed E-state index contributed by atoms with van der Waals surface area (Å²) >= 11 is 5.96. The van der Waals surface area contributed by atoms with Gasteiger partial charge in [0.05, 0.1) is 5.56 Å². The smallest absolute Gasteiger partial charge is 0.335 e. The molecule has 4 heteroatoms. The molecule has 0 radical (unpaired) electrons. The maximum atomic E-state index is 11.0. The largest absolute Gasteiger partial charge is 0.478 e. The summed E-state index contributed by atoms with van der Waals surface area (Å²) in [5.74, 6) is 0.682. The summed E-state index contributed by atoms with van der Waals surface area (Å²) in [6, 6.07) is 5.44. The fourth-order valence-corrected chi connectivity index (χ4v) is 3.67. The van der Waals surface area contributed by atoms with Crippen molar-refractivity contribution in [1.82, 2.24) is 0 Å². The first-order chi connectivity index (χ1) is 8.61. The van der Waals surface area contributed by atoms with Gasteiger partial charge in [0.2, 0.25) is 0 Å². The highest BCUT2D eigenvalue weighted by molar-refractivity contribution is 6.31. The summed E-state index contributed by atoms with van der Waals surface area (Å²) < 4.78 is 0. The predicted molar refractivity (Wildman–Crippen MR) is 71.3 cm³/mol. The Labute approximate surface area is 111 Å². The van der Waals surface area contributed by atoms with Gasteiger partial charge in [-0.2, -0.15) is 0 Å². The molecule has 0 spiro atoms. The van der Waals surface area contributed by atoms with Crippen LogP contribution in [-0.4, -0.2) is 17.1 Å². The molecule has 0 heterocycles. The molecule has 2 fully saturated rings.